The number of benzene rings is 1. The van der Waals surface area contributed by atoms with Gasteiger partial charge in [-0.2, -0.15) is 0 Å². The van der Waals surface area contributed by atoms with E-state index in [4.69, 9.17) is 15.2 Å². The average Bonchev–Trinajstić information content (AvgIpc) is 2.78. The summed E-state index contributed by atoms with van der Waals surface area (Å²) in [6, 6.07) is 3.82. The fraction of sp³-hybridized carbons (Fsp3) is 0.562. The van der Waals surface area contributed by atoms with E-state index in [1.165, 1.54) is 0 Å². The summed E-state index contributed by atoms with van der Waals surface area (Å²) in [4.78, 5) is 12.0. The smallest absolute Gasteiger partial charge is 0.224 e. The van der Waals surface area contributed by atoms with Crippen LogP contribution in [0.5, 0.6) is 11.5 Å². The van der Waals surface area contributed by atoms with Crippen molar-refractivity contribution in [3.63, 3.8) is 0 Å². The van der Waals surface area contributed by atoms with Gasteiger partial charge in [-0.1, -0.05) is 6.92 Å². The van der Waals surface area contributed by atoms with Crippen LogP contribution in [-0.2, 0) is 11.2 Å². The summed E-state index contributed by atoms with van der Waals surface area (Å²) in [5.41, 5.74) is 7.35. The van der Waals surface area contributed by atoms with E-state index in [0.717, 1.165) is 17.7 Å². The van der Waals surface area contributed by atoms with Crippen LogP contribution in [0.3, 0.4) is 0 Å². The van der Waals surface area contributed by atoms with E-state index in [0.29, 0.717) is 31.0 Å². The van der Waals surface area contributed by atoms with Crippen molar-refractivity contribution in [2.75, 3.05) is 18.5 Å². The molecule has 0 fully saturated rings. The van der Waals surface area contributed by atoms with Crippen molar-refractivity contribution in [2.24, 2.45) is 11.7 Å². The van der Waals surface area contributed by atoms with E-state index in [9.17, 15) is 4.79 Å². The summed E-state index contributed by atoms with van der Waals surface area (Å²) in [6.45, 7) is 6.96. The lowest BCUT2D eigenvalue weighted by molar-refractivity contribution is -0.116. The number of carbonyl (C=O) groups is 1. The lowest BCUT2D eigenvalue weighted by Crippen LogP contribution is -2.20. The molecule has 1 aliphatic heterocycles. The van der Waals surface area contributed by atoms with Crippen molar-refractivity contribution in [2.45, 2.75) is 39.7 Å². The molecule has 2 atom stereocenters. The Bertz CT molecular complexity index is 516. The van der Waals surface area contributed by atoms with Crippen LogP contribution >= 0.6 is 0 Å². The maximum atomic E-state index is 12.0. The van der Waals surface area contributed by atoms with Gasteiger partial charge in [0.15, 0.2) is 0 Å². The van der Waals surface area contributed by atoms with Crippen molar-refractivity contribution < 1.29 is 14.3 Å². The molecule has 3 N–H and O–H groups in total. The molecule has 0 bridgehead atoms. The van der Waals surface area contributed by atoms with Gasteiger partial charge >= 0.3 is 0 Å². The predicted molar refractivity (Wildman–Crippen MR) is 82.9 cm³/mol. The van der Waals surface area contributed by atoms with Gasteiger partial charge in [0, 0.05) is 24.5 Å². The van der Waals surface area contributed by atoms with Gasteiger partial charge in [-0.15, -0.1) is 0 Å². The monoisotopic (exact) mass is 292 g/mol. The molecule has 21 heavy (non-hydrogen) atoms. The minimum Gasteiger partial charge on any atom is -0.492 e. The number of anilines is 1. The molecular formula is C16H24N2O3. The van der Waals surface area contributed by atoms with Crippen molar-refractivity contribution in [3.8, 4) is 11.5 Å². The van der Waals surface area contributed by atoms with Crippen LogP contribution in [0, 0.1) is 5.92 Å². The molecule has 1 aromatic carbocycles. The Kier molecular flexibility index (Phi) is 5.07. The minimum atomic E-state index is -0.0556. The van der Waals surface area contributed by atoms with Gasteiger partial charge in [-0.05, 0) is 32.4 Å². The quantitative estimate of drug-likeness (QED) is 0.844. The Labute approximate surface area is 125 Å². The minimum absolute atomic E-state index is 0.0556. The number of nitrogens with two attached hydrogens (primary N) is 1. The lowest BCUT2D eigenvalue weighted by Gasteiger charge is -2.14. The molecule has 116 valence electrons. The molecule has 0 spiro atoms. The number of hydrogen-bond donors (Lipinski definition) is 2. The number of ether oxygens (including phenoxy) is 2. The third-order valence-corrected chi connectivity index (χ3v) is 3.51. The third kappa shape index (κ3) is 3.88. The van der Waals surface area contributed by atoms with Crippen molar-refractivity contribution in [1.29, 1.82) is 0 Å². The highest BCUT2D eigenvalue weighted by molar-refractivity contribution is 5.92. The van der Waals surface area contributed by atoms with Crippen LogP contribution in [0.15, 0.2) is 12.1 Å². The summed E-state index contributed by atoms with van der Waals surface area (Å²) in [7, 11) is 0. The van der Waals surface area contributed by atoms with Gasteiger partial charge in [0.25, 0.3) is 0 Å². The largest absolute Gasteiger partial charge is 0.492 e. The zero-order valence-electron chi connectivity index (χ0n) is 12.9. The number of nitrogens with one attached hydrogen (secondary N) is 1. The Hall–Kier alpha value is -1.75. The molecule has 1 heterocycles. The number of rotatable bonds is 6. The predicted octanol–water partition coefficient (Wildman–Crippen LogP) is 2.33. The van der Waals surface area contributed by atoms with Crippen LogP contribution in [0.4, 0.5) is 5.69 Å². The van der Waals surface area contributed by atoms with E-state index < -0.39 is 0 Å². The highest BCUT2D eigenvalue weighted by Crippen LogP contribution is 2.38. The summed E-state index contributed by atoms with van der Waals surface area (Å²) in [6.07, 6.45) is 1.43. The molecule has 5 heteroatoms. The van der Waals surface area contributed by atoms with E-state index in [2.05, 4.69) is 5.32 Å². The molecule has 0 radical (unpaired) electrons. The molecular weight excluding hydrogens is 268 g/mol. The van der Waals surface area contributed by atoms with Gasteiger partial charge in [-0.25, -0.2) is 0 Å². The molecule has 0 aromatic heterocycles. The molecule has 0 aliphatic carbocycles. The highest BCUT2D eigenvalue weighted by atomic mass is 16.5. The van der Waals surface area contributed by atoms with Crippen molar-refractivity contribution in [3.05, 3.63) is 17.7 Å². The first-order chi connectivity index (χ1) is 10.0. The molecule has 0 saturated carbocycles. The maximum absolute atomic E-state index is 12.0. The fourth-order valence-electron chi connectivity index (χ4n) is 2.41. The number of amides is 1. The lowest BCUT2D eigenvalue weighted by atomic mass is 10.1. The number of hydrogen-bond acceptors (Lipinski definition) is 4. The Balaban J connectivity index is 2.17. The van der Waals surface area contributed by atoms with Crippen LogP contribution < -0.4 is 20.5 Å². The second-order valence-corrected chi connectivity index (χ2v) is 5.61. The molecule has 1 amide bonds. The second kappa shape index (κ2) is 6.80. The van der Waals surface area contributed by atoms with Crippen LogP contribution in [0.1, 0.15) is 32.8 Å². The maximum Gasteiger partial charge on any atom is 0.224 e. The molecule has 2 rings (SSSR count). The first-order valence-electron chi connectivity index (χ1n) is 7.49. The first-order valence-corrected chi connectivity index (χ1v) is 7.49. The first kappa shape index (κ1) is 15.6. The zero-order valence-corrected chi connectivity index (χ0v) is 12.9. The Morgan fingerprint density at radius 3 is 3.00 bits per heavy atom. The van der Waals surface area contributed by atoms with Crippen LogP contribution in [0.2, 0.25) is 0 Å². The van der Waals surface area contributed by atoms with Crippen LogP contribution in [-0.4, -0.2) is 25.2 Å². The van der Waals surface area contributed by atoms with Gasteiger partial charge in [0.05, 0.1) is 12.3 Å². The topological polar surface area (TPSA) is 73.6 Å². The summed E-state index contributed by atoms with van der Waals surface area (Å²) in [5.74, 6) is 1.63. The third-order valence-electron chi connectivity index (χ3n) is 3.51. The molecule has 1 aliphatic rings. The van der Waals surface area contributed by atoms with Gasteiger partial charge in [0.2, 0.25) is 5.91 Å². The van der Waals surface area contributed by atoms with Gasteiger partial charge < -0.3 is 20.5 Å². The van der Waals surface area contributed by atoms with E-state index in [1.54, 1.807) is 0 Å². The summed E-state index contributed by atoms with van der Waals surface area (Å²) < 4.78 is 11.4. The Morgan fingerprint density at radius 1 is 1.57 bits per heavy atom. The Morgan fingerprint density at radius 2 is 2.33 bits per heavy atom. The molecule has 0 saturated heterocycles. The second-order valence-electron chi connectivity index (χ2n) is 5.61. The summed E-state index contributed by atoms with van der Waals surface area (Å²) >= 11 is 0. The molecule has 1 aromatic rings. The van der Waals surface area contributed by atoms with Crippen molar-refractivity contribution >= 4 is 11.6 Å². The zero-order chi connectivity index (χ0) is 15.4. The molecule has 5 nitrogen and oxygen atoms in total. The van der Waals surface area contributed by atoms with Gasteiger partial charge in [-0.3, -0.25) is 4.79 Å². The number of carbonyl (C=O) groups excluding carboxylic acids is 1. The fourth-order valence-corrected chi connectivity index (χ4v) is 2.41. The number of fused-ring (bicyclic) bond motifs is 1. The van der Waals surface area contributed by atoms with E-state index in [1.807, 2.05) is 32.9 Å². The van der Waals surface area contributed by atoms with Crippen LogP contribution in [0.25, 0.3) is 0 Å². The molecule has 2 unspecified atom stereocenters. The summed E-state index contributed by atoms with van der Waals surface area (Å²) in [5, 5.41) is 2.91. The average molecular weight is 292 g/mol. The van der Waals surface area contributed by atoms with E-state index in [-0.39, 0.29) is 17.9 Å². The standard InChI is InChI=1S/C16H24N2O3/c1-4-20-15-7-12-6-11(3)21-14(12)8-13(15)18-16(19)5-10(2)9-17/h7-8,10-11H,4-6,9,17H2,1-3H3,(H,18,19). The normalized spacial score (nSPS) is 17.8. The van der Waals surface area contributed by atoms with E-state index >= 15 is 0 Å². The highest BCUT2D eigenvalue weighted by Gasteiger charge is 2.22. The van der Waals surface area contributed by atoms with Crippen molar-refractivity contribution in [1.82, 2.24) is 0 Å². The van der Waals surface area contributed by atoms with Gasteiger partial charge in [0.1, 0.15) is 17.6 Å². The SMILES string of the molecule is CCOc1cc2c(cc1NC(=O)CC(C)CN)OC(C)C2.